The molecule has 0 spiro atoms. The van der Waals surface area contributed by atoms with Crippen LogP contribution in [0.15, 0.2) is 0 Å². The summed E-state index contributed by atoms with van der Waals surface area (Å²) in [4.78, 5) is 0. The van der Waals surface area contributed by atoms with E-state index in [9.17, 15) is 0 Å². The molecule has 0 aliphatic heterocycles. The molecular weight excluding hydrogens is 206 g/mol. The topological polar surface area (TPSA) is 12.0 Å². The van der Waals surface area contributed by atoms with E-state index in [1.807, 2.05) is 0 Å². The lowest BCUT2D eigenvalue weighted by atomic mass is 9.73. The van der Waals surface area contributed by atoms with Gasteiger partial charge in [0.25, 0.3) is 0 Å². The van der Waals surface area contributed by atoms with Crippen LogP contribution in [0.5, 0.6) is 0 Å². The molecule has 3 aliphatic rings. The predicted octanol–water partition coefficient (Wildman–Crippen LogP) is 3.98. The molecule has 2 unspecified atom stereocenters. The Bertz CT molecular complexity index is 238. The van der Waals surface area contributed by atoms with E-state index >= 15 is 0 Å². The van der Waals surface area contributed by atoms with Gasteiger partial charge in [-0.3, -0.25) is 0 Å². The molecule has 1 N–H and O–H groups in total. The van der Waals surface area contributed by atoms with Crippen LogP contribution >= 0.6 is 0 Å². The quantitative estimate of drug-likeness (QED) is 0.777. The summed E-state index contributed by atoms with van der Waals surface area (Å²) in [6, 6.07) is 0.905. The maximum absolute atomic E-state index is 3.78. The van der Waals surface area contributed by atoms with E-state index in [4.69, 9.17) is 0 Å². The van der Waals surface area contributed by atoms with Crippen molar-refractivity contribution in [2.75, 3.05) is 6.54 Å². The summed E-state index contributed by atoms with van der Waals surface area (Å²) in [7, 11) is 0. The Morgan fingerprint density at radius 2 is 1.65 bits per heavy atom. The van der Waals surface area contributed by atoms with Crippen molar-refractivity contribution in [1.29, 1.82) is 0 Å². The first-order valence-corrected chi connectivity index (χ1v) is 8.06. The second kappa shape index (κ2) is 5.30. The second-order valence-corrected chi connectivity index (χ2v) is 7.06. The monoisotopic (exact) mass is 235 g/mol. The van der Waals surface area contributed by atoms with Crippen LogP contribution in [0.4, 0.5) is 0 Å². The van der Waals surface area contributed by atoms with Gasteiger partial charge in [0.05, 0.1) is 0 Å². The predicted molar refractivity (Wildman–Crippen MR) is 73.0 cm³/mol. The van der Waals surface area contributed by atoms with E-state index in [0.717, 1.165) is 29.7 Å². The largest absolute Gasteiger partial charge is 0.314 e. The highest BCUT2D eigenvalue weighted by Crippen LogP contribution is 2.43. The lowest BCUT2D eigenvalue weighted by molar-refractivity contribution is 0.174. The van der Waals surface area contributed by atoms with Crippen LogP contribution < -0.4 is 5.32 Å². The van der Waals surface area contributed by atoms with Crippen molar-refractivity contribution in [3.05, 3.63) is 0 Å². The van der Waals surface area contributed by atoms with Crippen LogP contribution in [0, 0.1) is 23.7 Å². The molecule has 0 aromatic heterocycles. The minimum absolute atomic E-state index is 0.905. The van der Waals surface area contributed by atoms with Crippen molar-refractivity contribution in [1.82, 2.24) is 5.32 Å². The average molecular weight is 235 g/mol. The summed E-state index contributed by atoms with van der Waals surface area (Å²) in [6.07, 6.45) is 13.5. The van der Waals surface area contributed by atoms with Gasteiger partial charge < -0.3 is 5.32 Å². The van der Waals surface area contributed by atoms with Gasteiger partial charge in [-0.25, -0.2) is 0 Å². The normalized spacial score (nSPS) is 42.9. The zero-order chi connectivity index (χ0) is 11.7. The smallest absolute Gasteiger partial charge is 0.00683 e. The van der Waals surface area contributed by atoms with Crippen molar-refractivity contribution in [3.63, 3.8) is 0 Å². The van der Waals surface area contributed by atoms with E-state index in [0.29, 0.717) is 0 Å². The molecule has 17 heavy (non-hydrogen) atoms. The van der Waals surface area contributed by atoms with Crippen molar-refractivity contribution < 1.29 is 0 Å². The Hall–Kier alpha value is -0.0400. The number of rotatable bonds is 4. The maximum Gasteiger partial charge on any atom is 0.00683 e. The molecule has 0 radical (unpaired) electrons. The van der Waals surface area contributed by atoms with E-state index in [-0.39, 0.29) is 0 Å². The fourth-order valence-corrected chi connectivity index (χ4v) is 4.26. The van der Waals surface area contributed by atoms with Gasteiger partial charge in [0.2, 0.25) is 0 Å². The molecule has 3 fully saturated rings. The molecule has 0 aromatic rings. The van der Waals surface area contributed by atoms with Gasteiger partial charge in [0.1, 0.15) is 0 Å². The van der Waals surface area contributed by atoms with Gasteiger partial charge in [-0.1, -0.05) is 26.2 Å². The molecule has 0 aromatic carbocycles. The summed E-state index contributed by atoms with van der Waals surface area (Å²) in [5.74, 6) is 4.19. The molecule has 0 heterocycles. The van der Waals surface area contributed by atoms with E-state index in [1.54, 1.807) is 0 Å². The third-order valence-corrected chi connectivity index (χ3v) is 5.63. The SMILES string of the molecule is CC1CCC(C2CCCC2CNC2CC2)CC1. The van der Waals surface area contributed by atoms with Crippen LogP contribution in [0.2, 0.25) is 0 Å². The molecule has 98 valence electrons. The molecule has 3 saturated carbocycles. The van der Waals surface area contributed by atoms with E-state index in [1.165, 1.54) is 64.3 Å². The lowest BCUT2D eigenvalue weighted by Gasteiger charge is -2.34. The Kier molecular flexibility index (Phi) is 3.75. The van der Waals surface area contributed by atoms with E-state index < -0.39 is 0 Å². The summed E-state index contributed by atoms with van der Waals surface area (Å²) in [6.45, 7) is 3.78. The number of nitrogens with one attached hydrogen (secondary N) is 1. The Balaban J connectivity index is 1.49. The van der Waals surface area contributed by atoms with Crippen LogP contribution in [-0.2, 0) is 0 Å². The summed E-state index contributed by atoms with van der Waals surface area (Å²) in [5, 5.41) is 3.78. The summed E-state index contributed by atoms with van der Waals surface area (Å²) in [5.41, 5.74) is 0. The molecule has 0 bridgehead atoms. The summed E-state index contributed by atoms with van der Waals surface area (Å²) < 4.78 is 0. The molecule has 1 nitrogen and oxygen atoms in total. The first-order valence-electron chi connectivity index (χ1n) is 8.06. The number of hydrogen-bond donors (Lipinski definition) is 1. The third kappa shape index (κ3) is 3.05. The Morgan fingerprint density at radius 1 is 0.882 bits per heavy atom. The molecule has 3 rings (SSSR count). The van der Waals surface area contributed by atoms with Crippen molar-refractivity contribution in [2.24, 2.45) is 23.7 Å². The highest BCUT2D eigenvalue weighted by atomic mass is 14.9. The fourth-order valence-electron chi connectivity index (χ4n) is 4.26. The highest BCUT2D eigenvalue weighted by molar-refractivity contribution is 4.89. The minimum Gasteiger partial charge on any atom is -0.314 e. The molecule has 0 amide bonds. The second-order valence-electron chi connectivity index (χ2n) is 7.06. The van der Waals surface area contributed by atoms with Gasteiger partial charge in [0, 0.05) is 6.04 Å². The van der Waals surface area contributed by atoms with Crippen LogP contribution in [-0.4, -0.2) is 12.6 Å². The standard InChI is InChI=1S/C16H29N/c1-12-5-7-13(8-6-12)16-4-2-3-14(16)11-17-15-9-10-15/h12-17H,2-11H2,1H3. The van der Waals surface area contributed by atoms with Gasteiger partial charge >= 0.3 is 0 Å². The van der Waals surface area contributed by atoms with Gasteiger partial charge in [-0.2, -0.15) is 0 Å². The van der Waals surface area contributed by atoms with Gasteiger partial charge in [-0.05, 0) is 68.7 Å². The maximum atomic E-state index is 3.78. The van der Waals surface area contributed by atoms with Crippen LogP contribution in [0.3, 0.4) is 0 Å². The third-order valence-electron chi connectivity index (χ3n) is 5.63. The zero-order valence-electron chi connectivity index (χ0n) is 11.5. The van der Waals surface area contributed by atoms with E-state index in [2.05, 4.69) is 12.2 Å². The van der Waals surface area contributed by atoms with Crippen molar-refractivity contribution in [2.45, 2.75) is 70.8 Å². The van der Waals surface area contributed by atoms with Crippen molar-refractivity contribution >= 4 is 0 Å². The average Bonchev–Trinajstić information content (AvgIpc) is 3.06. The lowest BCUT2D eigenvalue weighted by Crippen LogP contribution is -2.31. The molecule has 0 saturated heterocycles. The fraction of sp³-hybridized carbons (Fsp3) is 1.00. The zero-order valence-corrected chi connectivity index (χ0v) is 11.5. The van der Waals surface area contributed by atoms with Crippen LogP contribution in [0.25, 0.3) is 0 Å². The molecule has 2 atom stereocenters. The van der Waals surface area contributed by atoms with Gasteiger partial charge in [-0.15, -0.1) is 0 Å². The summed E-state index contributed by atoms with van der Waals surface area (Å²) >= 11 is 0. The minimum atomic E-state index is 0.905. The molecule has 1 heteroatoms. The number of hydrogen-bond acceptors (Lipinski definition) is 1. The Labute approximate surface area is 107 Å². The van der Waals surface area contributed by atoms with Crippen LogP contribution in [0.1, 0.15) is 64.7 Å². The highest BCUT2D eigenvalue weighted by Gasteiger charge is 2.35. The van der Waals surface area contributed by atoms with Gasteiger partial charge in [0.15, 0.2) is 0 Å². The molecular formula is C16H29N. The van der Waals surface area contributed by atoms with Crippen molar-refractivity contribution in [3.8, 4) is 0 Å². The molecule has 3 aliphatic carbocycles. The Morgan fingerprint density at radius 3 is 2.35 bits per heavy atom. The first kappa shape index (κ1) is 12.0. The first-order chi connectivity index (χ1) is 8.33.